The summed E-state index contributed by atoms with van der Waals surface area (Å²) in [7, 11) is 0. The van der Waals surface area contributed by atoms with Crippen molar-refractivity contribution >= 4 is 5.91 Å². The van der Waals surface area contributed by atoms with Gasteiger partial charge in [0.25, 0.3) is 0 Å². The first kappa shape index (κ1) is 12.0. The summed E-state index contributed by atoms with van der Waals surface area (Å²) in [5.74, 6) is -0.356. The van der Waals surface area contributed by atoms with Crippen molar-refractivity contribution in [1.82, 2.24) is 4.90 Å². The van der Waals surface area contributed by atoms with Gasteiger partial charge in [0, 0.05) is 13.1 Å². The number of morpholine rings is 1. The maximum absolute atomic E-state index is 11.6. The molecule has 0 aliphatic carbocycles. The van der Waals surface area contributed by atoms with Crippen LogP contribution in [0.1, 0.15) is 11.6 Å². The van der Waals surface area contributed by atoms with Crippen molar-refractivity contribution in [2.24, 2.45) is 11.5 Å². The summed E-state index contributed by atoms with van der Waals surface area (Å²) in [6, 6.07) is 9.07. The van der Waals surface area contributed by atoms with Crippen molar-refractivity contribution in [3.05, 3.63) is 35.9 Å². The first-order valence-electron chi connectivity index (χ1n) is 5.64. The first-order valence-corrected chi connectivity index (χ1v) is 5.64. The molecule has 1 fully saturated rings. The quantitative estimate of drug-likeness (QED) is 0.762. The molecule has 4 N–H and O–H groups in total. The maximum atomic E-state index is 11.6. The summed E-state index contributed by atoms with van der Waals surface area (Å²) in [6.07, 6.45) is -0.352. The number of carbonyl (C=O) groups is 1. The summed E-state index contributed by atoms with van der Waals surface area (Å²) in [6.45, 7) is 1.70. The molecule has 0 radical (unpaired) electrons. The van der Waals surface area contributed by atoms with Crippen LogP contribution in [-0.2, 0) is 9.53 Å². The highest BCUT2D eigenvalue weighted by Crippen LogP contribution is 2.21. The van der Waals surface area contributed by atoms with Crippen LogP contribution in [0.15, 0.2) is 30.3 Å². The summed E-state index contributed by atoms with van der Waals surface area (Å²) < 4.78 is 5.26. The van der Waals surface area contributed by atoms with Crippen molar-refractivity contribution in [2.75, 3.05) is 19.7 Å². The van der Waals surface area contributed by atoms with Gasteiger partial charge in [-0.2, -0.15) is 0 Å². The van der Waals surface area contributed by atoms with Crippen LogP contribution in [-0.4, -0.2) is 36.7 Å². The standard InChI is InChI=1S/C12H17N3O2/c13-10-8-15(6-7-17-10)11(12(14)16)9-4-2-1-3-5-9/h1-5,10-11H,6-8,13H2,(H2,14,16). The fourth-order valence-electron chi connectivity index (χ4n) is 2.12. The number of amides is 1. The number of nitrogens with two attached hydrogens (primary N) is 2. The molecule has 0 bridgehead atoms. The Morgan fingerprint density at radius 3 is 2.71 bits per heavy atom. The van der Waals surface area contributed by atoms with E-state index in [0.29, 0.717) is 19.7 Å². The summed E-state index contributed by atoms with van der Waals surface area (Å²) >= 11 is 0. The average Bonchev–Trinajstić information content (AvgIpc) is 2.30. The molecular formula is C12H17N3O2. The van der Waals surface area contributed by atoms with Crippen LogP contribution < -0.4 is 11.5 Å². The number of carbonyl (C=O) groups excluding carboxylic acids is 1. The number of hydrogen-bond acceptors (Lipinski definition) is 4. The number of primary amides is 1. The van der Waals surface area contributed by atoms with Crippen molar-refractivity contribution in [2.45, 2.75) is 12.3 Å². The fourth-order valence-corrected chi connectivity index (χ4v) is 2.12. The van der Waals surface area contributed by atoms with E-state index in [1.54, 1.807) is 0 Å². The van der Waals surface area contributed by atoms with E-state index >= 15 is 0 Å². The van der Waals surface area contributed by atoms with Crippen LogP contribution in [0.5, 0.6) is 0 Å². The van der Waals surface area contributed by atoms with Gasteiger partial charge in [-0.25, -0.2) is 0 Å². The Bertz CT molecular complexity index is 383. The van der Waals surface area contributed by atoms with Crippen LogP contribution in [0.4, 0.5) is 0 Å². The van der Waals surface area contributed by atoms with Crippen LogP contribution in [0.2, 0.25) is 0 Å². The van der Waals surface area contributed by atoms with E-state index in [1.165, 1.54) is 0 Å². The van der Waals surface area contributed by atoms with Crippen molar-refractivity contribution in [3.63, 3.8) is 0 Å². The second-order valence-electron chi connectivity index (χ2n) is 4.12. The second-order valence-corrected chi connectivity index (χ2v) is 4.12. The molecule has 0 saturated carbocycles. The molecule has 2 rings (SSSR count). The minimum atomic E-state index is -0.425. The Hall–Kier alpha value is -1.43. The zero-order chi connectivity index (χ0) is 12.3. The Kier molecular flexibility index (Phi) is 3.73. The van der Waals surface area contributed by atoms with E-state index in [1.807, 2.05) is 35.2 Å². The van der Waals surface area contributed by atoms with E-state index in [-0.39, 0.29) is 12.1 Å². The molecule has 1 saturated heterocycles. The zero-order valence-corrected chi connectivity index (χ0v) is 9.58. The predicted octanol–water partition coefficient (Wildman–Crippen LogP) is -0.170. The fraction of sp³-hybridized carbons (Fsp3) is 0.417. The van der Waals surface area contributed by atoms with E-state index in [9.17, 15) is 4.79 Å². The van der Waals surface area contributed by atoms with Crippen LogP contribution in [0, 0.1) is 0 Å². The summed E-state index contributed by atoms with van der Waals surface area (Å²) in [4.78, 5) is 13.6. The van der Waals surface area contributed by atoms with Gasteiger partial charge in [0.1, 0.15) is 12.3 Å². The average molecular weight is 235 g/mol. The van der Waals surface area contributed by atoms with Gasteiger partial charge in [0.05, 0.1) is 6.61 Å². The molecule has 1 aromatic rings. The van der Waals surface area contributed by atoms with E-state index in [2.05, 4.69) is 0 Å². The lowest BCUT2D eigenvalue weighted by molar-refractivity contribution is -0.127. The third-order valence-electron chi connectivity index (χ3n) is 2.87. The van der Waals surface area contributed by atoms with Gasteiger partial charge in [0.2, 0.25) is 5.91 Å². The third-order valence-corrected chi connectivity index (χ3v) is 2.87. The number of benzene rings is 1. The van der Waals surface area contributed by atoms with Gasteiger partial charge in [-0.3, -0.25) is 9.69 Å². The van der Waals surface area contributed by atoms with Crippen molar-refractivity contribution in [1.29, 1.82) is 0 Å². The Morgan fingerprint density at radius 2 is 2.12 bits per heavy atom. The Morgan fingerprint density at radius 1 is 1.41 bits per heavy atom. The van der Waals surface area contributed by atoms with E-state index < -0.39 is 6.04 Å². The minimum absolute atomic E-state index is 0.352. The van der Waals surface area contributed by atoms with Gasteiger partial charge in [-0.05, 0) is 5.56 Å². The van der Waals surface area contributed by atoms with Crippen LogP contribution in [0.25, 0.3) is 0 Å². The highest BCUT2D eigenvalue weighted by atomic mass is 16.5. The molecule has 92 valence electrons. The second kappa shape index (κ2) is 5.27. The minimum Gasteiger partial charge on any atom is -0.368 e. The largest absolute Gasteiger partial charge is 0.368 e. The molecule has 1 aliphatic heterocycles. The molecule has 2 atom stereocenters. The molecule has 1 heterocycles. The van der Waals surface area contributed by atoms with Gasteiger partial charge in [0.15, 0.2) is 0 Å². The molecule has 1 amide bonds. The lowest BCUT2D eigenvalue weighted by Crippen LogP contribution is -2.50. The monoisotopic (exact) mass is 235 g/mol. The molecule has 5 heteroatoms. The van der Waals surface area contributed by atoms with Gasteiger partial charge in [-0.15, -0.1) is 0 Å². The van der Waals surface area contributed by atoms with Crippen molar-refractivity contribution in [3.8, 4) is 0 Å². The predicted molar refractivity (Wildman–Crippen MR) is 63.9 cm³/mol. The first-order chi connectivity index (χ1) is 8.18. The lowest BCUT2D eigenvalue weighted by atomic mass is 10.0. The topological polar surface area (TPSA) is 81.6 Å². The smallest absolute Gasteiger partial charge is 0.239 e. The van der Waals surface area contributed by atoms with Crippen LogP contribution >= 0.6 is 0 Å². The highest BCUT2D eigenvalue weighted by Gasteiger charge is 2.29. The summed E-state index contributed by atoms with van der Waals surface area (Å²) in [5, 5.41) is 0. The lowest BCUT2D eigenvalue weighted by Gasteiger charge is -2.35. The van der Waals surface area contributed by atoms with Gasteiger partial charge >= 0.3 is 0 Å². The molecule has 2 unspecified atom stereocenters. The molecule has 17 heavy (non-hydrogen) atoms. The van der Waals surface area contributed by atoms with Crippen molar-refractivity contribution < 1.29 is 9.53 Å². The van der Waals surface area contributed by atoms with E-state index in [4.69, 9.17) is 16.2 Å². The molecular weight excluding hydrogens is 218 g/mol. The zero-order valence-electron chi connectivity index (χ0n) is 9.58. The number of rotatable bonds is 3. The molecule has 0 aromatic heterocycles. The Labute approximate surface area is 100 Å². The molecule has 5 nitrogen and oxygen atoms in total. The number of nitrogens with zero attached hydrogens (tertiary/aromatic N) is 1. The van der Waals surface area contributed by atoms with Gasteiger partial charge in [-0.1, -0.05) is 30.3 Å². The molecule has 1 aromatic carbocycles. The van der Waals surface area contributed by atoms with Crippen LogP contribution in [0.3, 0.4) is 0 Å². The maximum Gasteiger partial charge on any atom is 0.239 e. The number of hydrogen-bond donors (Lipinski definition) is 2. The molecule has 1 aliphatic rings. The highest BCUT2D eigenvalue weighted by molar-refractivity contribution is 5.81. The Balaban J connectivity index is 2.20. The van der Waals surface area contributed by atoms with Gasteiger partial charge < -0.3 is 16.2 Å². The normalized spacial score (nSPS) is 23.2. The summed E-state index contributed by atoms with van der Waals surface area (Å²) in [5.41, 5.74) is 12.1. The SMILES string of the molecule is NC(=O)C(c1ccccc1)N1CCOC(N)C1. The van der Waals surface area contributed by atoms with E-state index in [0.717, 1.165) is 5.56 Å². The molecule has 0 spiro atoms. The number of ether oxygens (including phenoxy) is 1. The third kappa shape index (κ3) is 2.82.